The maximum absolute atomic E-state index is 12.1. The molecule has 1 aromatic rings. The van der Waals surface area contributed by atoms with Gasteiger partial charge in [0, 0.05) is 25.6 Å². The number of carbonyl (C=O) groups is 1. The zero-order valence-corrected chi connectivity index (χ0v) is 12.5. The van der Waals surface area contributed by atoms with Gasteiger partial charge in [-0.3, -0.25) is 4.79 Å². The van der Waals surface area contributed by atoms with Crippen molar-refractivity contribution >= 4 is 5.91 Å². The van der Waals surface area contributed by atoms with Gasteiger partial charge in [-0.25, -0.2) is 0 Å². The Balaban J connectivity index is 1.94. The van der Waals surface area contributed by atoms with Gasteiger partial charge in [-0.15, -0.1) is 0 Å². The fourth-order valence-corrected chi connectivity index (χ4v) is 2.83. The van der Waals surface area contributed by atoms with Gasteiger partial charge in [0.15, 0.2) is 6.61 Å². The van der Waals surface area contributed by atoms with Crippen molar-refractivity contribution in [3.63, 3.8) is 0 Å². The van der Waals surface area contributed by atoms with Gasteiger partial charge in [-0.05, 0) is 38.3 Å². The first kappa shape index (κ1) is 14.9. The van der Waals surface area contributed by atoms with Crippen LogP contribution in [0.25, 0.3) is 0 Å². The molecule has 0 spiro atoms. The van der Waals surface area contributed by atoms with Crippen molar-refractivity contribution in [2.45, 2.75) is 27.2 Å². The van der Waals surface area contributed by atoms with E-state index in [0.717, 1.165) is 29.8 Å². The number of benzene rings is 1. The molecule has 1 fully saturated rings. The van der Waals surface area contributed by atoms with Crippen molar-refractivity contribution < 1.29 is 14.6 Å². The van der Waals surface area contributed by atoms with E-state index in [2.05, 4.69) is 12.1 Å². The molecule has 2 rings (SSSR count). The maximum atomic E-state index is 12.1. The Bertz CT molecular complexity index is 475. The molecule has 1 amide bonds. The van der Waals surface area contributed by atoms with Crippen molar-refractivity contribution in [2.24, 2.45) is 5.92 Å². The largest absolute Gasteiger partial charge is 0.483 e. The number of ether oxygens (including phenoxy) is 1. The number of rotatable bonds is 4. The Hall–Kier alpha value is -1.55. The van der Waals surface area contributed by atoms with Crippen LogP contribution in [0.4, 0.5) is 0 Å². The second-order valence-corrected chi connectivity index (χ2v) is 5.69. The predicted molar refractivity (Wildman–Crippen MR) is 77.9 cm³/mol. The SMILES string of the molecule is Cc1cc(C)c(OCC(=O)N2CCC(CO)C2)c(C)c1. The molecule has 1 atom stereocenters. The van der Waals surface area contributed by atoms with Gasteiger partial charge in [0.05, 0.1) is 0 Å². The molecular formula is C16H23NO3. The summed E-state index contributed by atoms with van der Waals surface area (Å²) >= 11 is 0. The van der Waals surface area contributed by atoms with Crippen molar-refractivity contribution in [1.29, 1.82) is 0 Å². The number of nitrogens with zero attached hydrogens (tertiary/aromatic N) is 1. The monoisotopic (exact) mass is 277 g/mol. The molecule has 0 aromatic heterocycles. The first-order valence-corrected chi connectivity index (χ1v) is 7.10. The second kappa shape index (κ2) is 6.27. The molecule has 1 aliphatic heterocycles. The third-order valence-corrected chi connectivity index (χ3v) is 3.84. The van der Waals surface area contributed by atoms with Crippen LogP contribution in [0.1, 0.15) is 23.1 Å². The highest BCUT2D eigenvalue weighted by molar-refractivity contribution is 5.78. The first-order chi connectivity index (χ1) is 9.51. The number of likely N-dealkylation sites (tertiary alicyclic amines) is 1. The van der Waals surface area contributed by atoms with Crippen LogP contribution >= 0.6 is 0 Å². The zero-order chi connectivity index (χ0) is 14.7. The Kier molecular flexibility index (Phi) is 4.65. The van der Waals surface area contributed by atoms with E-state index in [4.69, 9.17) is 9.84 Å². The standard InChI is InChI=1S/C16H23NO3/c1-11-6-12(2)16(13(3)7-11)20-10-15(19)17-5-4-14(8-17)9-18/h6-7,14,18H,4-5,8-10H2,1-3H3. The molecule has 4 heteroatoms. The summed E-state index contributed by atoms with van der Waals surface area (Å²) in [6.07, 6.45) is 0.880. The van der Waals surface area contributed by atoms with Crippen molar-refractivity contribution in [3.8, 4) is 5.75 Å². The topological polar surface area (TPSA) is 49.8 Å². The van der Waals surface area contributed by atoms with Crippen LogP contribution in [0.2, 0.25) is 0 Å². The lowest BCUT2D eigenvalue weighted by Crippen LogP contribution is -2.33. The van der Waals surface area contributed by atoms with Crippen LogP contribution in [-0.2, 0) is 4.79 Å². The number of amides is 1. The van der Waals surface area contributed by atoms with Crippen molar-refractivity contribution in [2.75, 3.05) is 26.3 Å². The molecule has 1 saturated heterocycles. The molecule has 20 heavy (non-hydrogen) atoms. The molecular weight excluding hydrogens is 254 g/mol. The molecule has 4 nitrogen and oxygen atoms in total. The predicted octanol–water partition coefficient (Wildman–Crippen LogP) is 1.83. The van der Waals surface area contributed by atoms with E-state index in [0.29, 0.717) is 6.54 Å². The Labute approximate surface area is 120 Å². The highest BCUT2D eigenvalue weighted by atomic mass is 16.5. The number of hydrogen-bond donors (Lipinski definition) is 1. The fraction of sp³-hybridized carbons (Fsp3) is 0.562. The average Bonchev–Trinajstić information content (AvgIpc) is 2.86. The van der Waals surface area contributed by atoms with E-state index in [1.807, 2.05) is 20.8 Å². The third-order valence-electron chi connectivity index (χ3n) is 3.84. The summed E-state index contributed by atoms with van der Waals surface area (Å²) in [5, 5.41) is 9.10. The van der Waals surface area contributed by atoms with Crippen LogP contribution < -0.4 is 4.74 Å². The number of aliphatic hydroxyl groups excluding tert-OH is 1. The van der Waals surface area contributed by atoms with Crippen LogP contribution in [-0.4, -0.2) is 42.2 Å². The second-order valence-electron chi connectivity index (χ2n) is 5.69. The lowest BCUT2D eigenvalue weighted by Gasteiger charge is -2.18. The Morgan fingerprint density at radius 2 is 2.00 bits per heavy atom. The minimum Gasteiger partial charge on any atom is -0.483 e. The molecule has 0 bridgehead atoms. The van der Waals surface area contributed by atoms with Gasteiger partial charge >= 0.3 is 0 Å². The van der Waals surface area contributed by atoms with Crippen LogP contribution in [0, 0.1) is 26.7 Å². The zero-order valence-electron chi connectivity index (χ0n) is 12.5. The summed E-state index contributed by atoms with van der Waals surface area (Å²) in [6.45, 7) is 7.64. The van der Waals surface area contributed by atoms with Crippen LogP contribution in [0.3, 0.4) is 0 Å². The summed E-state index contributed by atoms with van der Waals surface area (Å²) in [4.78, 5) is 13.9. The molecule has 1 unspecified atom stereocenters. The summed E-state index contributed by atoms with van der Waals surface area (Å²) in [7, 11) is 0. The summed E-state index contributed by atoms with van der Waals surface area (Å²) in [6, 6.07) is 4.12. The number of aryl methyl sites for hydroxylation is 3. The minimum atomic E-state index is 0.000301. The van der Waals surface area contributed by atoms with Gasteiger partial charge in [0.25, 0.3) is 5.91 Å². The summed E-state index contributed by atoms with van der Waals surface area (Å²) < 4.78 is 5.71. The van der Waals surface area contributed by atoms with E-state index in [-0.39, 0.29) is 25.0 Å². The molecule has 110 valence electrons. The quantitative estimate of drug-likeness (QED) is 0.913. The highest BCUT2D eigenvalue weighted by Crippen LogP contribution is 2.24. The minimum absolute atomic E-state index is 0.000301. The van der Waals surface area contributed by atoms with E-state index >= 15 is 0 Å². The maximum Gasteiger partial charge on any atom is 0.260 e. The summed E-state index contributed by atoms with van der Waals surface area (Å²) in [5.41, 5.74) is 3.32. The number of carbonyl (C=O) groups excluding carboxylic acids is 1. The van der Waals surface area contributed by atoms with Gasteiger partial charge in [0.1, 0.15) is 5.75 Å². The smallest absolute Gasteiger partial charge is 0.260 e. The van der Waals surface area contributed by atoms with E-state index in [9.17, 15) is 4.79 Å². The van der Waals surface area contributed by atoms with Crippen LogP contribution in [0.5, 0.6) is 5.75 Å². The van der Waals surface area contributed by atoms with Crippen molar-refractivity contribution in [3.05, 3.63) is 28.8 Å². The van der Waals surface area contributed by atoms with Crippen molar-refractivity contribution in [1.82, 2.24) is 4.90 Å². The van der Waals surface area contributed by atoms with E-state index in [1.165, 1.54) is 5.56 Å². The number of aliphatic hydroxyl groups is 1. The molecule has 1 N–H and O–H groups in total. The van der Waals surface area contributed by atoms with Gasteiger partial charge in [-0.1, -0.05) is 17.7 Å². The number of hydrogen-bond acceptors (Lipinski definition) is 3. The molecule has 1 aromatic carbocycles. The lowest BCUT2D eigenvalue weighted by molar-refractivity contribution is -0.132. The normalized spacial score (nSPS) is 18.4. The Morgan fingerprint density at radius 1 is 1.35 bits per heavy atom. The van der Waals surface area contributed by atoms with Gasteiger partial charge < -0.3 is 14.7 Å². The van der Waals surface area contributed by atoms with Gasteiger partial charge in [0.2, 0.25) is 0 Å². The van der Waals surface area contributed by atoms with Gasteiger partial charge in [-0.2, -0.15) is 0 Å². The lowest BCUT2D eigenvalue weighted by atomic mass is 10.1. The molecule has 1 heterocycles. The molecule has 1 aliphatic rings. The van der Waals surface area contributed by atoms with E-state index in [1.54, 1.807) is 4.90 Å². The summed E-state index contributed by atoms with van der Waals surface area (Å²) in [5.74, 6) is 1.03. The fourth-order valence-electron chi connectivity index (χ4n) is 2.83. The Morgan fingerprint density at radius 3 is 2.55 bits per heavy atom. The van der Waals surface area contributed by atoms with E-state index < -0.39 is 0 Å². The average molecular weight is 277 g/mol. The molecule has 0 saturated carbocycles. The molecule has 0 radical (unpaired) electrons. The van der Waals surface area contributed by atoms with Crippen LogP contribution in [0.15, 0.2) is 12.1 Å². The highest BCUT2D eigenvalue weighted by Gasteiger charge is 2.25. The third kappa shape index (κ3) is 3.31. The first-order valence-electron chi connectivity index (χ1n) is 7.10. The molecule has 0 aliphatic carbocycles.